The van der Waals surface area contributed by atoms with E-state index in [1.165, 1.54) is 0 Å². The Bertz CT molecular complexity index is 1100. The van der Waals surface area contributed by atoms with E-state index in [1.54, 1.807) is 6.33 Å². The van der Waals surface area contributed by atoms with Gasteiger partial charge in [-0.15, -0.1) is 10.2 Å². The highest BCUT2D eigenvalue weighted by molar-refractivity contribution is 5.80. The van der Waals surface area contributed by atoms with Crippen LogP contribution in [-0.2, 0) is 6.54 Å². The summed E-state index contributed by atoms with van der Waals surface area (Å²) in [4.78, 5) is 4.57. The molecule has 0 amide bonds. The van der Waals surface area contributed by atoms with Crippen LogP contribution in [-0.4, -0.2) is 41.4 Å². The number of nitrogens with one attached hydrogen (secondary N) is 1. The molecule has 0 saturated carbocycles. The minimum atomic E-state index is 0.121. The van der Waals surface area contributed by atoms with Gasteiger partial charge in [-0.2, -0.15) is 10.3 Å². The SMILES string of the molecule is CC(N)CC(c1ncnn1Cc1ccc(-c2ccccc2-c2nn[nH]n2)cc1)C(C)C. The summed E-state index contributed by atoms with van der Waals surface area (Å²) in [5.41, 5.74) is 10.4. The number of rotatable bonds is 8. The zero-order valence-electron chi connectivity index (χ0n) is 18.1. The van der Waals surface area contributed by atoms with Gasteiger partial charge in [-0.25, -0.2) is 9.67 Å². The van der Waals surface area contributed by atoms with E-state index < -0.39 is 0 Å². The van der Waals surface area contributed by atoms with Crippen molar-refractivity contribution in [2.24, 2.45) is 11.7 Å². The third-order valence-electron chi connectivity index (χ3n) is 5.52. The molecule has 4 aromatic rings. The molecule has 0 aliphatic carbocycles. The van der Waals surface area contributed by atoms with Crippen molar-refractivity contribution < 1.29 is 0 Å². The van der Waals surface area contributed by atoms with Crippen LogP contribution in [0.2, 0.25) is 0 Å². The van der Waals surface area contributed by atoms with Crippen LogP contribution in [0.5, 0.6) is 0 Å². The van der Waals surface area contributed by atoms with Gasteiger partial charge in [-0.1, -0.05) is 62.4 Å². The summed E-state index contributed by atoms with van der Waals surface area (Å²) in [5, 5.41) is 18.9. The maximum atomic E-state index is 6.09. The highest BCUT2D eigenvalue weighted by Crippen LogP contribution is 2.30. The third kappa shape index (κ3) is 4.69. The molecule has 2 aromatic heterocycles. The zero-order valence-corrected chi connectivity index (χ0v) is 18.1. The Morgan fingerprint density at radius 1 is 1.00 bits per heavy atom. The first kappa shape index (κ1) is 20.9. The first-order chi connectivity index (χ1) is 15.0. The number of nitrogens with two attached hydrogens (primary N) is 1. The van der Waals surface area contributed by atoms with E-state index in [4.69, 9.17) is 5.73 Å². The average molecular weight is 417 g/mol. The average Bonchev–Trinajstić information content (AvgIpc) is 3.45. The number of H-pyrrole nitrogens is 1. The van der Waals surface area contributed by atoms with E-state index in [-0.39, 0.29) is 12.0 Å². The van der Waals surface area contributed by atoms with Gasteiger partial charge < -0.3 is 5.73 Å². The van der Waals surface area contributed by atoms with Gasteiger partial charge in [-0.3, -0.25) is 0 Å². The Hall–Kier alpha value is -3.39. The summed E-state index contributed by atoms with van der Waals surface area (Å²) in [6.45, 7) is 7.13. The first-order valence-corrected chi connectivity index (χ1v) is 10.6. The van der Waals surface area contributed by atoms with Gasteiger partial charge in [0.2, 0.25) is 5.82 Å². The number of benzene rings is 2. The second kappa shape index (κ2) is 9.18. The van der Waals surface area contributed by atoms with Gasteiger partial charge in [0, 0.05) is 17.5 Å². The number of hydrogen-bond donors (Lipinski definition) is 2. The van der Waals surface area contributed by atoms with Crippen molar-refractivity contribution in [3.05, 3.63) is 66.2 Å². The third-order valence-corrected chi connectivity index (χ3v) is 5.52. The predicted octanol–water partition coefficient (Wildman–Crippen LogP) is 3.65. The maximum Gasteiger partial charge on any atom is 0.205 e. The van der Waals surface area contributed by atoms with Crippen LogP contribution >= 0.6 is 0 Å². The molecule has 8 heteroatoms. The molecule has 0 spiro atoms. The molecule has 0 aliphatic rings. The fourth-order valence-corrected chi connectivity index (χ4v) is 3.93. The van der Waals surface area contributed by atoms with Crippen LogP contribution in [0.25, 0.3) is 22.5 Å². The Morgan fingerprint density at radius 3 is 2.39 bits per heavy atom. The maximum absolute atomic E-state index is 6.09. The molecular weight excluding hydrogens is 388 g/mol. The lowest BCUT2D eigenvalue weighted by Crippen LogP contribution is -2.24. The highest BCUT2D eigenvalue weighted by atomic mass is 15.5. The normalized spacial score (nSPS) is 13.5. The minimum absolute atomic E-state index is 0.121. The first-order valence-electron chi connectivity index (χ1n) is 10.6. The molecule has 3 N–H and O–H groups in total. The second-order valence-corrected chi connectivity index (χ2v) is 8.32. The van der Waals surface area contributed by atoms with Crippen molar-refractivity contribution in [2.75, 3.05) is 0 Å². The van der Waals surface area contributed by atoms with Gasteiger partial charge in [0.1, 0.15) is 12.2 Å². The summed E-state index contributed by atoms with van der Waals surface area (Å²) < 4.78 is 2.00. The molecule has 2 aromatic carbocycles. The van der Waals surface area contributed by atoms with E-state index in [2.05, 4.69) is 74.9 Å². The lowest BCUT2D eigenvalue weighted by atomic mass is 9.89. The lowest BCUT2D eigenvalue weighted by Gasteiger charge is -2.22. The van der Waals surface area contributed by atoms with Gasteiger partial charge in [0.25, 0.3) is 0 Å². The van der Waals surface area contributed by atoms with Gasteiger partial charge in [0.15, 0.2) is 0 Å². The van der Waals surface area contributed by atoms with E-state index in [0.29, 0.717) is 18.3 Å². The molecule has 4 rings (SSSR count). The van der Waals surface area contributed by atoms with E-state index in [0.717, 1.165) is 34.5 Å². The largest absolute Gasteiger partial charge is 0.328 e. The number of aromatic nitrogens is 7. The topological polar surface area (TPSA) is 111 Å². The fraction of sp³-hybridized carbons (Fsp3) is 0.348. The molecule has 160 valence electrons. The van der Waals surface area contributed by atoms with Crippen LogP contribution < -0.4 is 5.73 Å². The summed E-state index contributed by atoms with van der Waals surface area (Å²) in [7, 11) is 0. The molecule has 0 aliphatic heterocycles. The fourth-order valence-electron chi connectivity index (χ4n) is 3.93. The Labute approximate surface area is 181 Å². The van der Waals surface area contributed by atoms with Crippen LogP contribution in [0.15, 0.2) is 54.9 Å². The number of hydrogen-bond acceptors (Lipinski definition) is 6. The summed E-state index contributed by atoms with van der Waals surface area (Å²) in [5.74, 6) is 2.31. The van der Waals surface area contributed by atoms with Crippen LogP contribution in [0.1, 0.15) is 44.5 Å². The molecule has 31 heavy (non-hydrogen) atoms. The monoisotopic (exact) mass is 416 g/mol. The highest BCUT2D eigenvalue weighted by Gasteiger charge is 2.23. The molecular formula is C23H28N8. The van der Waals surface area contributed by atoms with E-state index >= 15 is 0 Å². The molecule has 2 heterocycles. The zero-order chi connectivity index (χ0) is 21.8. The van der Waals surface area contributed by atoms with Crippen LogP contribution in [0.4, 0.5) is 0 Å². The second-order valence-electron chi connectivity index (χ2n) is 8.32. The quantitative estimate of drug-likeness (QED) is 0.453. The van der Waals surface area contributed by atoms with E-state index in [1.807, 2.05) is 29.8 Å². The summed E-state index contributed by atoms with van der Waals surface area (Å²) >= 11 is 0. The van der Waals surface area contributed by atoms with Crippen molar-refractivity contribution in [1.82, 2.24) is 35.4 Å². The smallest absolute Gasteiger partial charge is 0.205 e. The predicted molar refractivity (Wildman–Crippen MR) is 120 cm³/mol. The molecule has 2 atom stereocenters. The molecule has 0 bridgehead atoms. The molecule has 2 unspecified atom stereocenters. The minimum Gasteiger partial charge on any atom is -0.328 e. The number of tetrazole rings is 1. The van der Waals surface area contributed by atoms with E-state index in [9.17, 15) is 0 Å². The summed E-state index contributed by atoms with van der Waals surface area (Å²) in [6, 6.07) is 16.7. The van der Waals surface area contributed by atoms with Gasteiger partial charge >= 0.3 is 0 Å². The Kier molecular flexibility index (Phi) is 6.18. The Morgan fingerprint density at radius 2 is 1.74 bits per heavy atom. The van der Waals surface area contributed by atoms with Crippen molar-refractivity contribution >= 4 is 0 Å². The number of aromatic amines is 1. The van der Waals surface area contributed by atoms with Crippen molar-refractivity contribution in [1.29, 1.82) is 0 Å². The van der Waals surface area contributed by atoms with Crippen molar-refractivity contribution in [3.8, 4) is 22.5 Å². The summed E-state index contributed by atoms with van der Waals surface area (Å²) in [6.07, 6.45) is 2.53. The standard InChI is InChI=1S/C23H28N8/c1-15(2)21(12-16(3)24)23-25-14-26-31(23)13-17-8-10-18(11-9-17)19-6-4-5-7-20(19)22-27-29-30-28-22/h4-11,14-16,21H,12-13,24H2,1-3H3,(H,27,28,29,30). The Balaban J connectivity index is 1.57. The number of nitrogens with zero attached hydrogens (tertiary/aromatic N) is 6. The van der Waals surface area contributed by atoms with Crippen molar-refractivity contribution in [2.45, 2.75) is 45.7 Å². The van der Waals surface area contributed by atoms with Crippen LogP contribution in [0, 0.1) is 5.92 Å². The van der Waals surface area contributed by atoms with Gasteiger partial charge in [0.05, 0.1) is 6.54 Å². The van der Waals surface area contributed by atoms with Crippen LogP contribution in [0.3, 0.4) is 0 Å². The lowest BCUT2D eigenvalue weighted by molar-refractivity contribution is 0.402. The molecule has 0 radical (unpaired) electrons. The molecule has 8 nitrogen and oxygen atoms in total. The molecule has 0 saturated heterocycles. The van der Waals surface area contributed by atoms with Crippen molar-refractivity contribution in [3.63, 3.8) is 0 Å². The van der Waals surface area contributed by atoms with Gasteiger partial charge in [-0.05, 0) is 41.2 Å². The molecule has 0 fully saturated rings.